The lowest BCUT2D eigenvalue weighted by molar-refractivity contribution is -0.132. The van der Waals surface area contributed by atoms with Gasteiger partial charge in [0.1, 0.15) is 0 Å². The van der Waals surface area contributed by atoms with Crippen LogP contribution < -0.4 is 4.74 Å². The number of imidazole rings is 1. The van der Waals surface area contributed by atoms with E-state index in [1.807, 2.05) is 6.92 Å². The van der Waals surface area contributed by atoms with Gasteiger partial charge in [-0.05, 0) is 6.92 Å². The molecule has 10 heavy (non-hydrogen) atoms. The fraction of sp³-hybridized carbons (Fsp3) is 0.333. The van der Waals surface area contributed by atoms with Gasteiger partial charge in [0.2, 0.25) is 0 Å². The van der Waals surface area contributed by atoms with Crippen LogP contribution in [0.5, 0.6) is 6.01 Å². The van der Waals surface area contributed by atoms with E-state index in [0.717, 1.165) is 5.69 Å². The number of ether oxygens (including phenoxy) is 1. The number of nitrogens with zero attached hydrogens (tertiary/aromatic N) is 1. The Labute approximate surface area is 58.2 Å². The number of hydrogen-bond acceptors (Lipinski definition) is 3. The summed E-state index contributed by atoms with van der Waals surface area (Å²) in [4.78, 5) is 16.9. The predicted octanol–water partition coefficient (Wildman–Crippen LogP) is 0.643. The molecule has 54 valence electrons. The van der Waals surface area contributed by atoms with Crippen LogP contribution in [0.4, 0.5) is 0 Å². The molecular weight excluding hydrogens is 132 g/mol. The van der Waals surface area contributed by atoms with Crippen molar-refractivity contribution in [1.82, 2.24) is 9.97 Å². The van der Waals surface area contributed by atoms with Gasteiger partial charge in [-0.2, -0.15) is 0 Å². The van der Waals surface area contributed by atoms with Crippen molar-refractivity contribution in [3.63, 3.8) is 0 Å². The molecule has 0 aliphatic rings. The minimum Gasteiger partial charge on any atom is -0.392 e. The molecule has 4 nitrogen and oxygen atoms in total. The Morgan fingerprint density at radius 3 is 2.90 bits per heavy atom. The lowest BCUT2D eigenvalue weighted by atomic mass is 10.6. The minimum absolute atomic E-state index is 0.255. The molecule has 0 radical (unpaired) electrons. The summed E-state index contributed by atoms with van der Waals surface area (Å²) < 4.78 is 4.63. The standard InChI is InChI=1S/C6H8N2O2/c1-4-3-7-6(8-4)10-5(2)9/h3H,1-2H3,(H,7,8). The molecule has 1 N–H and O–H groups in total. The van der Waals surface area contributed by atoms with Crippen LogP contribution in [0.25, 0.3) is 0 Å². The summed E-state index contributed by atoms with van der Waals surface area (Å²) in [5, 5.41) is 0. The molecule has 0 saturated carbocycles. The molecule has 1 heterocycles. The first kappa shape index (κ1) is 6.80. The topological polar surface area (TPSA) is 55.0 Å². The van der Waals surface area contributed by atoms with E-state index in [-0.39, 0.29) is 12.0 Å². The number of nitrogens with one attached hydrogen (secondary N) is 1. The number of aryl methyl sites for hydroxylation is 1. The summed E-state index contributed by atoms with van der Waals surface area (Å²) in [6.07, 6.45) is 1.66. The number of aromatic nitrogens is 2. The van der Waals surface area contributed by atoms with Gasteiger partial charge in [-0.15, -0.1) is 0 Å². The predicted molar refractivity (Wildman–Crippen MR) is 34.6 cm³/mol. The maximum Gasteiger partial charge on any atom is 0.310 e. The highest BCUT2D eigenvalue weighted by atomic mass is 16.5. The van der Waals surface area contributed by atoms with Crippen molar-refractivity contribution in [1.29, 1.82) is 0 Å². The zero-order chi connectivity index (χ0) is 7.56. The van der Waals surface area contributed by atoms with Crippen molar-refractivity contribution in [2.24, 2.45) is 0 Å². The van der Waals surface area contributed by atoms with E-state index in [1.165, 1.54) is 6.92 Å². The van der Waals surface area contributed by atoms with Gasteiger partial charge in [-0.25, -0.2) is 4.98 Å². The average molecular weight is 140 g/mol. The molecular formula is C6H8N2O2. The first-order chi connectivity index (χ1) is 4.68. The second kappa shape index (κ2) is 2.51. The van der Waals surface area contributed by atoms with Gasteiger partial charge < -0.3 is 9.72 Å². The fourth-order valence-corrected chi connectivity index (χ4v) is 0.579. The zero-order valence-corrected chi connectivity index (χ0v) is 5.84. The molecule has 1 rings (SSSR count). The van der Waals surface area contributed by atoms with E-state index in [4.69, 9.17) is 0 Å². The fourth-order valence-electron chi connectivity index (χ4n) is 0.579. The van der Waals surface area contributed by atoms with Crippen molar-refractivity contribution in [3.05, 3.63) is 11.9 Å². The van der Waals surface area contributed by atoms with Gasteiger partial charge in [0, 0.05) is 13.1 Å². The normalized spacial score (nSPS) is 9.40. The molecule has 0 aliphatic heterocycles. The highest BCUT2D eigenvalue weighted by Crippen LogP contribution is 2.02. The third-order valence-electron chi connectivity index (χ3n) is 0.923. The molecule has 0 saturated heterocycles. The minimum atomic E-state index is -0.366. The first-order valence-corrected chi connectivity index (χ1v) is 2.89. The van der Waals surface area contributed by atoms with Crippen LogP contribution in [-0.2, 0) is 4.79 Å². The van der Waals surface area contributed by atoms with E-state index < -0.39 is 0 Å². The lowest BCUT2D eigenvalue weighted by Crippen LogP contribution is -2.02. The highest BCUT2D eigenvalue weighted by Gasteiger charge is 1.99. The van der Waals surface area contributed by atoms with Gasteiger partial charge in [0.25, 0.3) is 0 Å². The number of aromatic amines is 1. The van der Waals surface area contributed by atoms with E-state index in [9.17, 15) is 4.79 Å². The van der Waals surface area contributed by atoms with Crippen molar-refractivity contribution < 1.29 is 9.53 Å². The summed E-state index contributed by atoms with van der Waals surface area (Å²) in [6, 6.07) is 0.255. The van der Waals surface area contributed by atoms with Crippen LogP contribution in [0.15, 0.2) is 6.20 Å². The van der Waals surface area contributed by atoms with Crippen molar-refractivity contribution in [2.75, 3.05) is 0 Å². The summed E-state index contributed by atoms with van der Waals surface area (Å²) >= 11 is 0. The number of rotatable bonds is 1. The number of esters is 1. The van der Waals surface area contributed by atoms with Crippen LogP contribution in [0.2, 0.25) is 0 Å². The van der Waals surface area contributed by atoms with Gasteiger partial charge >= 0.3 is 12.0 Å². The summed E-state index contributed by atoms with van der Waals surface area (Å²) in [5.74, 6) is -0.366. The number of carbonyl (C=O) groups excluding carboxylic acids is 1. The number of hydrogen-bond donors (Lipinski definition) is 1. The third-order valence-corrected chi connectivity index (χ3v) is 0.923. The maximum absolute atomic E-state index is 10.3. The zero-order valence-electron chi connectivity index (χ0n) is 5.84. The highest BCUT2D eigenvalue weighted by molar-refractivity contribution is 5.68. The monoisotopic (exact) mass is 140 g/mol. The molecule has 1 aromatic heterocycles. The van der Waals surface area contributed by atoms with E-state index in [2.05, 4.69) is 14.7 Å². The quantitative estimate of drug-likeness (QED) is 0.582. The van der Waals surface area contributed by atoms with Gasteiger partial charge in [-0.3, -0.25) is 4.79 Å². The second-order valence-electron chi connectivity index (χ2n) is 1.94. The SMILES string of the molecule is CC(=O)Oc1nc(C)c[nH]1. The van der Waals surface area contributed by atoms with E-state index in [1.54, 1.807) is 6.20 Å². The molecule has 0 bridgehead atoms. The molecule has 0 atom stereocenters. The molecule has 0 aliphatic carbocycles. The molecule has 0 fully saturated rings. The van der Waals surface area contributed by atoms with Crippen molar-refractivity contribution in [2.45, 2.75) is 13.8 Å². The molecule has 0 amide bonds. The Bertz CT molecular complexity index is 242. The number of H-pyrrole nitrogens is 1. The molecule has 1 aromatic rings. The second-order valence-corrected chi connectivity index (χ2v) is 1.94. The molecule has 0 aromatic carbocycles. The first-order valence-electron chi connectivity index (χ1n) is 2.89. The van der Waals surface area contributed by atoms with E-state index >= 15 is 0 Å². The molecule has 4 heteroatoms. The summed E-state index contributed by atoms with van der Waals surface area (Å²) in [6.45, 7) is 3.14. The van der Waals surface area contributed by atoms with Crippen LogP contribution in [0, 0.1) is 6.92 Å². The summed E-state index contributed by atoms with van der Waals surface area (Å²) in [5.41, 5.74) is 0.802. The van der Waals surface area contributed by atoms with Crippen LogP contribution in [0.1, 0.15) is 12.6 Å². The van der Waals surface area contributed by atoms with Crippen molar-refractivity contribution in [3.8, 4) is 6.01 Å². The van der Waals surface area contributed by atoms with Gasteiger partial charge in [-0.1, -0.05) is 0 Å². The van der Waals surface area contributed by atoms with Gasteiger partial charge in [0.05, 0.1) is 5.69 Å². The number of carbonyl (C=O) groups is 1. The van der Waals surface area contributed by atoms with E-state index in [0.29, 0.717) is 0 Å². The Hall–Kier alpha value is -1.32. The van der Waals surface area contributed by atoms with Crippen LogP contribution in [-0.4, -0.2) is 15.9 Å². The maximum atomic E-state index is 10.3. The Kier molecular flexibility index (Phi) is 1.71. The summed E-state index contributed by atoms with van der Waals surface area (Å²) in [7, 11) is 0. The van der Waals surface area contributed by atoms with Crippen molar-refractivity contribution >= 4 is 5.97 Å². The third kappa shape index (κ3) is 1.58. The Morgan fingerprint density at radius 2 is 2.50 bits per heavy atom. The average Bonchev–Trinajstić information content (AvgIpc) is 2.13. The molecule has 0 spiro atoms. The van der Waals surface area contributed by atoms with Crippen LogP contribution >= 0.6 is 0 Å². The lowest BCUT2D eigenvalue weighted by Gasteiger charge is -1.91. The Morgan fingerprint density at radius 1 is 1.80 bits per heavy atom. The van der Waals surface area contributed by atoms with Crippen LogP contribution in [0.3, 0.4) is 0 Å². The molecule has 0 unspecified atom stereocenters. The largest absolute Gasteiger partial charge is 0.392 e. The smallest absolute Gasteiger partial charge is 0.310 e. The van der Waals surface area contributed by atoms with Gasteiger partial charge in [0.15, 0.2) is 0 Å². The Balaban J connectivity index is 2.67.